The maximum atomic E-state index is 11.8. The molecule has 22 heavy (non-hydrogen) atoms. The SMILES string of the molecule is CCOC(=O)N(C)C1CCN(CC2=c3ccccc3=C2)CC1. The lowest BCUT2D eigenvalue weighted by Gasteiger charge is -2.36. The monoisotopic (exact) mass is 300 g/mol. The van der Waals surface area contributed by atoms with Gasteiger partial charge in [-0.2, -0.15) is 0 Å². The molecule has 118 valence electrons. The second kappa shape index (κ2) is 6.53. The van der Waals surface area contributed by atoms with E-state index in [1.807, 2.05) is 14.0 Å². The van der Waals surface area contributed by atoms with Crippen LogP contribution in [-0.4, -0.2) is 55.2 Å². The molecule has 0 bridgehead atoms. The summed E-state index contributed by atoms with van der Waals surface area (Å²) in [5.74, 6) is 0. The lowest BCUT2D eigenvalue weighted by Crippen LogP contribution is -2.47. The molecule has 1 aliphatic carbocycles. The molecule has 0 unspecified atom stereocenters. The Balaban J connectivity index is 1.52. The van der Waals surface area contributed by atoms with Crippen LogP contribution < -0.4 is 10.4 Å². The van der Waals surface area contributed by atoms with Crippen molar-refractivity contribution in [2.24, 2.45) is 0 Å². The molecule has 1 aromatic rings. The zero-order valence-electron chi connectivity index (χ0n) is 13.4. The normalized spacial score (nSPS) is 18.2. The Labute approximate surface area is 131 Å². The third kappa shape index (κ3) is 3.02. The number of carbonyl (C=O) groups excluding carboxylic acids is 1. The van der Waals surface area contributed by atoms with Gasteiger partial charge in [0, 0.05) is 32.7 Å². The molecule has 0 aromatic heterocycles. The van der Waals surface area contributed by atoms with Gasteiger partial charge in [0.1, 0.15) is 0 Å². The Kier molecular flexibility index (Phi) is 4.48. The van der Waals surface area contributed by atoms with Gasteiger partial charge in [0.05, 0.1) is 6.61 Å². The van der Waals surface area contributed by atoms with Crippen molar-refractivity contribution in [1.29, 1.82) is 0 Å². The van der Waals surface area contributed by atoms with Gasteiger partial charge < -0.3 is 9.64 Å². The maximum Gasteiger partial charge on any atom is 0.409 e. The van der Waals surface area contributed by atoms with Gasteiger partial charge in [-0.25, -0.2) is 4.79 Å². The fraction of sp³-hybridized carbons (Fsp3) is 0.500. The standard InChI is InChI=1S/C18H24N2O2/c1-3-22-18(21)19(2)16-8-10-20(11-9-16)13-15-12-14-6-4-5-7-17(14)15/h4-7,12,16H,3,8-11,13H2,1-2H3. The van der Waals surface area contributed by atoms with Crippen LogP contribution >= 0.6 is 0 Å². The Hall–Kier alpha value is -1.81. The Bertz CT molecular complexity index is 660. The van der Waals surface area contributed by atoms with Gasteiger partial charge in [-0.05, 0) is 41.9 Å². The molecule has 1 fully saturated rings. The molecule has 4 heteroatoms. The van der Waals surface area contributed by atoms with Crippen LogP contribution in [0, 0.1) is 0 Å². The quantitative estimate of drug-likeness (QED) is 0.837. The number of fused-ring (bicyclic) bond motifs is 1. The smallest absolute Gasteiger partial charge is 0.409 e. The molecular weight excluding hydrogens is 276 g/mol. The van der Waals surface area contributed by atoms with Crippen LogP contribution in [0.25, 0.3) is 11.6 Å². The van der Waals surface area contributed by atoms with E-state index >= 15 is 0 Å². The molecule has 3 rings (SSSR count). The average molecular weight is 300 g/mol. The molecular formula is C18H24N2O2. The first-order valence-electron chi connectivity index (χ1n) is 8.11. The van der Waals surface area contributed by atoms with E-state index in [1.165, 1.54) is 16.0 Å². The molecule has 2 aliphatic rings. The summed E-state index contributed by atoms with van der Waals surface area (Å²) in [6, 6.07) is 8.86. The van der Waals surface area contributed by atoms with Gasteiger partial charge in [0.2, 0.25) is 0 Å². The summed E-state index contributed by atoms with van der Waals surface area (Å²) in [7, 11) is 1.85. The summed E-state index contributed by atoms with van der Waals surface area (Å²) in [5.41, 5.74) is 1.44. The minimum Gasteiger partial charge on any atom is -0.450 e. The number of ether oxygens (including phenoxy) is 1. The second-order valence-electron chi connectivity index (χ2n) is 6.07. The highest BCUT2D eigenvalue weighted by Gasteiger charge is 2.26. The highest BCUT2D eigenvalue weighted by Crippen LogP contribution is 2.18. The van der Waals surface area contributed by atoms with Gasteiger partial charge in [0.25, 0.3) is 0 Å². The number of likely N-dealkylation sites (tertiary alicyclic amines) is 1. The Morgan fingerprint density at radius 3 is 2.73 bits per heavy atom. The number of nitrogens with zero attached hydrogens (tertiary/aromatic N) is 2. The van der Waals surface area contributed by atoms with Crippen LogP contribution in [0.4, 0.5) is 4.79 Å². The summed E-state index contributed by atoms with van der Waals surface area (Å²) >= 11 is 0. The Morgan fingerprint density at radius 1 is 1.32 bits per heavy atom. The van der Waals surface area contributed by atoms with Gasteiger partial charge >= 0.3 is 6.09 Å². The molecule has 0 saturated carbocycles. The van der Waals surface area contributed by atoms with Crippen molar-refractivity contribution in [3.05, 3.63) is 34.7 Å². The topological polar surface area (TPSA) is 32.8 Å². The number of benzene rings is 1. The van der Waals surface area contributed by atoms with Crippen LogP contribution in [0.3, 0.4) is 0 Å². The molecule has 4 nitrogen and oxygen atoms in total. The second-order valence-corrected chi connectivity index (χ2v) is 6.07. The van der Waals surface area contributed by atoms with Crippen molar-refractivity contribution in [3.63, 3.8) is 0 Å². The van der Waals surface area contributed by atoms with Gasteiger partial charge in [-0.15, -0.1) is 0 Å². The molecule has 0 atom stereocenters. The van der Waals surface area contributed by atoms with Crippen LogP contribution in [0.5, 0.6) is 0 Å². The lowest BCUT2D eigenvalue weighted by atomic mass is 9.98. The Morgan fingerprint density at radius 2 is 2.05 bits per heavy atom. The number of amides is 1. The van der Waals surface area contributed by atoms with Crippen LogP contribution in [0.2, 0.25) is 0 Å². The highest BCUT2D eigenvalue weighted by molar-refractivity contribution is 5.83. The third-order valence-electron chi connectivity index (χ3n) is 4.69. The molecule has 1 saturated heterocycles. The van der Waals surface area contributed by atoms with Crippen molar-refractivity contribution in [1.82, 2.24) is 9.80 Å². The van der Waals surface area contributed by atoms with Crippen molar-refractivity contribution < 1.29 is 9.53 Å². The molecule has 0 spiro atoms. The predicted octanol–water partition coefficient (Wildman–Crippen LogP) is 1.18. The van der Waals surface area contributed by atoms with Gasteiger partial charge in [-0.3, -0.25) is 4.90 Å². The van der Waals surface area contributed by atoms with Crippen molar-refractivity contribution in [2.75, 3.05) is 33.3 Å². The van der Waals surface area contributed by atoms with Crippen molar-refractivity contribution >= 4 is 17.7 Å². The minimum absolute atomic E-state index is 0.198. The molecule has 1 heterocycles. The van der Waals surface area contributed by atoms with Crippen LogP contribution in [-0.2, 0) is 4.74 Å². The van der Waals surface area contributed by atoms with E-state index in [-0.39, 0.29) is 6.09 Å². The number of carbonyl (C=O) groups is 1. The molecule has 1 amide bonds. The van der Waals surface area contributed by atoms with Crippen molar-refractivity contribution in [2.45, 2.75) is 25.8 Å². The van der Waals surface area contributed by atoms with Crippen LogP contribution in [0.1, 0.15) is 19.8 Å². The zero-order chi connectivity index (χ0) is 15.5. The first-order valence-corrected chi connectivity index (χ1v) is 8.11. The summed E-state index contributed by atoms with van der Waals surface area (Å²) in [5, 5.41) is 2.75. The first kappa shape index (κ1) is 15.1. The molecule has 0 N–H and O–H groups in total. The lowest BCUT2D eigenvalue weighted by molar-refractivity contribution is 0.0826. The summed E-state index contributed by atoms with van der Waals surface area (Å²) in [4.78, 5) is 16.0. The highest BCUT2D eigenvalue weighted by atomic mass is 16.6. The average Bonchev–Trinajstić information content (AvgIpc) is 2.53. The van der Waals surface area contributed by atoms with E-state index in [4.69, 9.17) is 4.74 Å². The van der Waals surface area contributed by atoms with E-state index in [1.54, 1.807) is 4.90 Å². The van der Waals surface area contributed by atoms with Crippen molar-refractivity contribution in [3.8, 4) is 0 Å². The largest absolute Gasteiger partial charge is 0.450 e. The number of piperidine rings is 1. The van der Waals surface area contributed by atoms with E-state index in [0.29, 0.717) is 12.6 Å². The number of rotatable bonds is 4. The molecule has 1 aromatic carbocycles. The third-order valence-corrected chi connectivity index (χ3v) is 4.69. The molecule has 0 radical (unpaired) electrons. The molecule has 1 aliphatic heterocycles. The fourth-order valence-corrected chi connectivity index (χ4v) is 3.31. The fourth-order valence-electron chi connectivity index (χ4n) is 3.31. The van der Waals surface area contributed by atoms with E-state index in [0.717, 1.165) is 32.5 Å². The summed E-state index contributed by atoms with van der Waals surface area (Å²) in [6.45, 7) is 5.38. The van der Waals surface area contributed by atoms with E-state index < -0.39 is 0 Å². The zero-order valence-corrected chi connectivity index (χ0v) is 13.4. The summed E-state index contributed by atoms with van der Waals surface area (Å²) < 4.78 is 5.08. The van der Waals surface area contributed by atoms with Crippen LogP contribution in [0.15, 0.2) is 24.3 Å². The van der Waals surface area contributed by atoms with E-state index in [9.17, 15) is 4.79 Å². The van der Waals surface area contributed by atoms with Gasteiger partial charge in [0.15, 0.2) is 0 Å². The first-order chi connectivity index (χ1) is 10.7. The summed E-state index contributed by atoms with van der Waals surface area (Å²) in [6.07, 6.45) is 4.12. The van der Waals surface area contributed by atoms with Gasteiger partial charge in [-0.1, -0.05) is 24.3 Å². The minimum atomic E-state index is -0.198. The predicted molar refractivity (Wildman–Crippen MR) is 87.8 cm³/mol. The number of hydrogen-bond donors (Lipinski definition) is 0. The number of hydrogen-bond acceptors (Lipinski definition) is 3. The van der Waals surface area contributed by atoms with E-state index in [2.05, 4.69) is 35.2 Å². The maximum absolute atomic E-state index is 11.8.